The zero-order valence-corrected chi connectivity index (χ0v) is 14.8. The summed E-state index contributed by atoms with van der Waals surface area (Å²) in [6.07, 6.45) is 6.60. The summed E-state index contributed by atoms with van der Waals surface area (Å²) in [5.74, 6) is 1.05. The SMILES string of the molecule is CC(=O)N1CCCN(C2CCC3(CC2)C(=O)Nc2ncccc23)CC1. The van der Waals surface area contributed by atoms with Crippen LogP contribution in [-0.2, 0) is 15.0 Å². The van der Waals surface area contributed by atoms with E-state index in [0.717, 1.165) is 69.7 Å². The van der Waals surface area contributed by atoms with Gasteiger partial charge in [0.15, 0.2) is 0 Å². The van der Waals surface area contributed by atoms with Crippen LogP contribution in [-0.4, -0.2) is 58.8 Å². The molecule has 0 aromatic carbocycles. The number of fused-ring (bicyclic) bond motifs is 2. The van der Waals surface area contributed by atoms with Crippen molar-refractivity contribution >= 4 is 17.6 Å². The Balaban J connectivity index is 1.44. The molecule has 2 fully saturated rings. The number of hydrogen-bond acceptors (Lipinski definition) is 4. The van der Waals surface area contributed by atoms with E-state index in [9.17, 15) is 9.59 Å². The quantitative estimate of drug-likeness (QED) is 0.845. The van der Waals surface area contributed by atoms with Crippen molar-refractivity contribution in [2.24, 2.45) is 0 Å². The Hall–Kier alpha value is -1.95. The number of aromatic nitrogens is 1. The molecule has 0 bridgehead atoms. The molecule has 0 atom stereocenters. The predicted molar refractivity (Wildman–Crippen MR) is 95.2 cm³/mol. The number of rotatable bonds is 1. The maximum absolute atomic E-state index is 12.7. The van der Waals surface area contributed by atoms with E-state index in [4.69, 9.17) is 0 Å². The van der Waals surface area contributed by atoms with Crippen molar-refractivity contribution in [2.75, 3.05) is 31.5 Å². The molecule has 1 saturated heterocycles. The number of carbonyl (C=O) groups excluding carboxylic acids is 2. The molecule has 6 heteroatoms. The molecule has 1 aromatic heterocycles. The summed E-state index contributed by atoms with van der Waals surface area (Å²) >= 11 is 0. The monoisotopic (exact) mass is 342 g/mol. The van der Waals surface area contributed by atoms with Gasteiger partial charge in [-0.2, -0.15) is 0 Å². The average Bonchev–Trinajstić information content (AvgIpc) is 2.79. The lowest BCUT2D eigenvalue weighted by Gasteiger charge is -2.40. The van der Waals surface area contributed by atoms with Gasteiger partial charge in [-0.05, 0) is 38.2 Å². The minimum Gasteiger partial charge on any atom is -0.342 e. The molecule has 3 aliphatic rings. The van der Waals surface area contributed by atoms with Gasteiger partial charge >= 0.3 is 0 Å². The van der Waals surface area contributed by atoms with Gasteiger partial charge < -0.3 is 10.2 Å². The second-order valence-corrected chi connectivity index (χ2v) is 7.56. The van der Waals surface area contributed by atoms with E-state index in [1.54, 1.807) is 13.1 Å². The smallest absolute Gasteiger partial charge is 0.236 e. The molecule has 4 rings (SSSR count). The fourth-order valence-electron chi connectivity index (χ4n) is 4.81. The molecule has 1 spiro atoms. The Labute approximate surface area is 148 Å². The van der Waals surface area contributed by atoms with Gasteiger partial charge in [0.1, 0.15) is 5.82 Å². The number of hydrogen-bond donors (Lipinski definition) is 1. The first kappa shape index (κ1) is 16.5. The minimum absolute atomic E-state index is 0.123. The Kier molecular flexibility index (Phi) is 4.23. The highest BCUT2D eigenvalue weighted by Gasteiger charge is 2.49. The van der Waals surface area contributed by atoms with Crippen LogP contribution in [0.25, 0.3) is 0 Å². The van der Waals surface area contributed by atoms with Crippen LogP contribution in [0.2, 0.25) is 0 Å². The fourth-order valence-corrected chi connectivity index (χ4v) is 4.81. The van der Waals surface area contributed by atoms with Gasteiger partial charge in [0.05, 0.1) is 5.41 Å². The fraction of sp³-hybridized carbons (Fsp3) is 0.632. The van der Waals surface area contributed by atoms with Gasteiger partial charge in [0.25, 0.3) is 0 Å². The molecule has 1 aliphatic carbocycles. The van der Waals surface area contributed by atoms with Crippen LogP contribution in [0.1, 0.15) is 44.6 Å². The zero-order valence-electron chi connectivity index (χ0n) is 14.8. The van der Waals surface area contributed by atoms with Crippen molar-refractivity contribution in [2.45, 2.75) is 50.5 Å². The van der Waals surface area contributed by atoms with Crippen molar-refractivity contribution in [1.82, 2.24) is 14.8 Å². The Morgan fingerprint density at radius 2 is 2.04 bits per heavy atom. The predicted octanol–water partition coefficient (Wildman–Crippen LogP) is 1.77. The molecule has 2 aliphatic heterocycles. The van der Waals surface area contributed by atoms with Gasteiger partial charge in [-0.15, -0.1) is 0 Å². The number of nitrogens with one attached hydrogen (secondary N) is 1. The first-order chi connectivity index (χ1) is 12.1. The summed E-state index contributed by atoms with van der Waals surface area (Å²) in [6.45, 7) is 5.34. The van der Waals surface area contributed by atoms with Crippen molar-refractivity contribution in [3.8, 4) is 0 Å². The lowest BCUT2D eigenvalue weighted by Crippen LogP contribution is -2.46. The first-order valence-corrected chi connectivity index (χ1v) is 9.37. The largest absolute Gasteiger partial charge is 0.342 e. The minimum atomic E-state index is -0.378. The Bertz CT molecular complexity index is 682. The molecular weight excluding hydrogens is 316 g/mol. The molecule has 1 aromatic rings. The van der Waals surface area contributed by atoms with Crippen LogP contribution in [0.15, 0.2) is 18.3 Å². The zero-order chi connectivity index (χ0) is 17.4. The first-order valence-electron chi connectivity index (χ1n) is 9.37. The van der Waals surface area contributed by atoms with Crippen molar-refractivity contribution in [3.63, 3.8) is 0 Å². The highest BCUT2D eigenvalue weighted by Crippen LogP contribution is 2.47. The van der Waals surface area contributed by atoms with Crippen molar-refractivity contribution < 1.29 is 9.59 Å². The van der Waals surface area contributed by atoms with E-state index in [1.165, 1.54) is 0 Å². The third-order valence-electron chi connectivity index (χ3n) is 6.29. The number of nitrogens with zero attached hydrogens (tertiary/aromatic N) is 3. The van der Waals surface area contributed by atoms with Crippen LogP contribution in [0, 0.1) is 0 Å². The van der Waals surface area contributed by atoms with E-state index < -0.39 is 0 Å². The van der Waals surface area contributed by atoms with Crippen LogP contribution in [0.3, 0.4) is 0 Å². The molecule has 0 unspecified atom stereocenters. The van der Waals surface area contributed by atoms with Gasteiger partial charge in [-0.1, -0.05) is 6.07 Å². The van der Waals surface area contributed by atoms with E-state index in [2.05, 4.69) is 21.3 Å². The van der Waals surface area contributed by atoms with Gasteiger partial charge in [-0.3, -0.25) is 14.5 Å². The lowest BCUT2D eigenvalue weighted by atomic mass is 9.69. The summed E-state index contributed by atoms with van der Waals surface area (Å²) in [6, 6.07) is 4.50. The van der Waals surface area contributed by atoms with Gasteiger partial charge in [-0.25, -0.2) is 4.98 Å². The van der Waals surface area contributed by atoms with E-state index in [1.807, 2.05) is 11.0 Å². The van der Waals surface area contributed by atoms with Crippen molar-refractivity contribution in [3.05, 3.63) is 23.9 Å². The molecule has 25 heavy (non-hydrogen) atoms. The van der Waals surface area contributed by atoms with E-state index in [0.29, 0.717) is 6.04 Å². The maximum atomic E-state index is 12.7. The van der Waals surface area contributed by atoms with Crippen LogP contribution in [0.4, 0.5) is 5.82 Å². The summed E-state index contributed by atoms with van der Waals surface area (Å²) < 4.78 is 0. The highest BCUT2D eigenvalue weighted by atomic mass is 16.2. The lowest BCUT2D eigenvalue weighted by molar-refractivity contribution is -0.128. The third kappa shape index (κ3) is 2.82. The summed E-state index contributed by atoms with van der Waals surface area (Å²) in [4.78, 5) is 33.1. The number of amides is 2. The van der Waals surface area contributed by atoms with Gasteiger partial charge in [0.2, 0.25) is 11.8 Å². The molecular formula is C19H26N4O2. The summed E-state index contributed by atoms with van der Waals surface area (Å²) in [5, 5.41) is 2.97. The molecule has 2 amide bonds. The topological polar surface area (TPSA) is 65.5 Å². The van der Waals surface area contributed by atoms with E-state index >= 15 is 0 Å². The third-order valence-corrected chi connectivity index (χ3v) is 6.29. The van der Waals surface area contributed by atoms with Crippen LogP contribution < -0.4 is 5.32 Å². The molecule has 3 heterocycles. The van der Waals surface area contributed by atoms with Crippen molar-refractivity contribution in [1.29, 1.82) is 0 Å². The standard InChI is InChI=1S/C19H26N4O2/c1-14(24)22-10-3-11-23(13-12-22)15-5-7-19(8-6-15)16-4-2-9-20-17(16)21-18(19)25/h2,4,9,15H,3,5-8,10-13H2,1H3,(H,20,21,25). The number of carbonyl (C=O) groups is 2. The Morgan fingerprint density at radius 1 is 1.24 bits per heavy atom. The molecule has 134 valence electrons. The number of pyridine rings is 1. The van der Waals surface area contributed by atoms with Gasteiger partial charge in [0, 0.05) is 50.9 Å². The molecule has 6 nitrogen and oxygen atoms in total. The number of anilines is 1. The molecule has 1 saturated carbocycles. The van der Waals surface area contributed by atoms with E-state index in [-0.39, 0.29) is 17.2 Å². The molecule has 0 radical (unpaired) electrons. The highest BCUT2D eigenvalue weighted by molar-refractivity contribution is 6.05. The normalized spacial score (nSPS) is 30.0. The average molecular weight is 342 g/mol. The summed E-state index contributed by atoms with van der Waals surface area (Å²) in [5.41, 5.74) is 0.703. The summed E-state index contributed by atoms with van der Waals surface area (Å²) in [7, 11) is 0. The Morgan fingerprint density at radius 3 is 2.80 bits per heavy atom. The molecule has 1 N–H and O–H groups in total. The van der Waals surface area contributed by atoms with Crippen LogP contribution in [0.5, 0.6) is 0 Å². The second kappa shape index (κ2) is 6.41. The van der Waals surface area contributed by atoms with Crippen LogP contribution >= 0.6 is 0 Å². The maximum Gasteiger partial charge on any atom is 0.236 e. The second-order valence-electron chi connectivity index (χ2n) is 7.56.